The topological polar surface area (TPSA) is 88.8 Å². The molecule has 1 aliphatic carbocycles. The summed E-state index contributed by atoms with van der Waals surface area (Å²) in [5, 5.41) is 0. The summed E-state index contributed by atoms with van der Waals surface area (Å²) in [4.78, 5) is 37.8. The van der Waals surface area contributed by atoms with Gasteiger partial charge in [0.05, 0.1) is 11.3 Å². The van der Waals surface area contributed by atoms with Crippen LogP contribution in [0.25, 0.3) is 22.6 Å². The summed E-state index contributed by atoms with van der Waals surface area (Å²) in [6.07, 6.45) is 4.66. The molecular formula is C28H32N4O4. The van der Waals surface area contributed by atoms with Crippen molar-refractivity contribution in [3.63, 3.8) is 0 Å². The van der Waals surface area contributed by atoms with Crippen LogP contribution >= 0.6 is 0 Å². The summed E-state index contributed by atoms with van der Waals surface area (Å²) in [6, 6.07) is 9.72. The Balaban J connectivity index is 1.27. The van der Waals surface area contributed by atoms with Crippen LogP contribution in [0, 0.1) is 5.92 Å². The second kappa shape index (κ2) is 9.41. The Hall–Kier alpha value is -3.68. The van der Waals surface area contributed by atoms with Gasteiger partial charge < -0.3 is 19.0 Å². The predicted molar refractivity (Wildman–Crippen MR) is 137 cm³/mol. The number of ketones is 1. The van der Waals surface area contributed by atoms with Crippen molar-refractivity contribution in [1.82, 2.24) is 14.9 Å². The van der Waals surface area contributed by atoms with E-state index in [2.05, 4.69) is 21.8 Å². The third-order valence-corrected chi connectivity index (χ3v) is 6.52. The number of fused-ring (bicyclic) bond motifs is 1. The lowest BCUT2D eigenvalue weighted by Crippen LogP contribution is -2.50. The number of pyridine rings is 2. The number of anilines is 1. The molecule has 2 aliphatic rings. The van der Waals surface area contributed by atoms with Crippen LogP contribution in [0.15, 0.2) is 47.1 Å². The van der Waals surface area contributed by atoms with E-state index in [1.54, 1.807) is 11.1 Å². The molecule has 1 fully saturated rings. The average Bonchev–Trinajstić information content (AvgIpc) is 3.28. The molecule has 5 rings (SSSR count). The number of nitrogens with zero attached hydrogens (tertiary/aromatic N) is 4. The van der Waals surface area contributed by atoms with Gasteiger partial charge >= 0.3 is 6.09 Å². The molecule has 3 aromatic rings. The van der Waals surface area contributed by atoms with E-state index in [0.717, 1.165) is 34.8 Å². The number of Topliss-reactive ketones (excluding diaryl/α,β-unsaturated/α-hetero) is 1. The first-order valence-electron chi connectivity index (χ1n) is 12.5. The van der Waals surface area contributed by atoms with Gasteiger partial charge in [-0.2, -0.15) is 0 Å². The molecule has 8 heteroatoms. The second-order valence-electron chi connectivity index (χ2n) is 10.7. The van der Waals surface area contributed by atoms with Crippen LogP contribution in [0.1, 0.15) is 50.2 Å². The number of hydrogen-bond acceptors (Lipinski definition) is 7. The van der Waals surface area contributed by atoms with E-state index in [-0.39, 0.29) is 11.9 Å². The van der Waals surface area contributed by atoms with E-state index in [1.807, 2.05) is 57.3 Å². The van der Waals surface area contributed by atoms with Crippen molar-refractivity contribution in [1.29, 1.82) is 0 Å². The van der Waals surface area contributed by atoms with Crippen molar-refractivity contribution in [3.05, 3.63) is 54.0 Å². The number of carbonyl (C=O) groups is 2. The monoisotopic (exact) mass is 488 g/mol. The van der Waals surface area contributed by atoms with E-state index in [9.17, 15) is 9.59 Å². The molecule has 0 N–H and O–H groups in total. The van der Waals surface area contributed by atoms with Gasteiger partial charge in [0.2, 0.25) is 0 Å². The lowest BCUT2D eigenvalue weighted by atomic mass is 9.89. The number of furan rings is 1. The molecule has 1 atom stereocenters. The SMILES string of the molecule is C[C@H]1CC(=O)c2cc(-c3ccnc(-c4ccc(N5CCN(C(=O)OC(C)(C)C)CC5)nc4)c3)oc2C1. The second-order valence-corrected chi connectivity index (χ2v) is 10.7. The number of carbonyl (C=O) groups excluding carboxylic acids is 2. The summed E-state index contributed by atoms with van der Waals surface area (Å²) in [7, 11) is 0. The van der Waals surface area contributed by atoms with Crippen molar-refractivity contribution in [2.75, 3.05) is 31.1 Å². The first-order valence-corrected chi connectivity index (χ1v) is 12.5. The Morgan fingerprint density at radius 2 is 1.81 bits per heavy atom. The zero-order chi connectivity index (χ0) is 25.4. The van der Waals surface area contributed by atoms with Crippen LogP contribution < -0.4 is 4.90 Å². The minimum Gasteiger partial charge on any atom is -0.460 e. The number of ether oxygens (including phenoxy) is 1. The Kier molecular flexibility index (Phi) is 6.28. The zero-order valence-electron chi connectivity index (χ0n) is 21.3. The minimum atomic E-state index is -0.497. The van der Waals surface area contributed by atoms with E-state index < -0.39 is 5.60 Å². The molecule has 1 aliphatic heterocycles. The average molecular weight is 489 g/mol. The highest BCUT2D eigenvalue weighted by Gasteiger charge is 2.28. The fourth-order valence-corrected chi connectivity index (χ4v) is 4.68. The van der Waals surface area contributed by atoms with Crippen molar-refractivity contribution in [2.45, 2.75) is 46.1 Å². The Morgan fingerprint density at radius 1 is 1.03 bits per heavy atom. The van der Waals surface area contributed by atoms with Gasteiger partial charge in [0.25, 0.3) is 0 Å². The van der Waals surface area contributed by atoms with Crippen LogP contribution in [0.3, 0.4) is 0 Å². The van der Waals surface area contributed by atoms with Gasteiger partial charge in [0.1, 0.15) is 22.9 Å². The molecule has 188 valence electrons. The van der Waals surface area contributed by atoms with Crippen molar-refractivity contribution in [3.8, 4) is 22.6 Å². The molecule has 8 nitrogen and oxygen atoms in total. The van der Waals surface area contributed by atoms with Gasteiger partial charge in [0.15, 0.2) is 5.78 Å². The third kappa shape index (κ3) is 5.12. The number of amides is 1. The highest BCUT2D eigenvalue weighted by molar-refractivity contribution is 5.99. The maximum atomic E-state index is 12.4. The van der Waals surface area contributed by atoms with Gasteiger partial charge in [-0.3, -0.25) is 9.78 Å². The fraction of sp³-hybridized carbons (Fsp3) is 0.429. The number of hydrogen-bond donors (Lipinski definition) is 0. The molecule has 1 saturated heterocycles. The maximum Gasteiger partial charge on any atom is 0.410 e. The van der Waals surface area contributed by atoms with Gasteiger partial charge in [-0.1, -0.05) is 6.92 Å². The van der Waals surface area contributed by atoms with Crippen molar-refractivity contribution >= 4 is 17.7 Å². The lowest BCUT2D eigenvalue weighted by Gasteiger charge is -2.36. The zero-order valence-corrected chi connectivity index (χ0v) is 21.3. The van der Waals surface area contributed by atoms with E-state index in [1.165, 1.54) is 0 Å². The summed E-state index contributed by atoms with van der Waals surface area (Å²) in [6.45, 7) is 10.3. The van der Waals surface area contributed by atoms with Gasteiger partial charge in [-0.15, -0.1) is 0 Å². The highest BCUT2D eigenvalue weighted by Crippen LogP contribution is 2.33. The largest absolute Gasteiger partial charge is 0.460 e. The van der Waals surface area contributed by atoms with Gasteiger partial charge in [-0.05, 0) is 57.0 Å². The predicted octanol–water partition coefficient (Wildman–Crippen LogP) is 5.23. The third-order valence-electron chi connectivity index (χ3n) is 6.52. The molecular weight excluding hydrogens is 456 g/mol. The number of piperazine rings is 1. The van der Waals surface area contributed by atoms with Gasteiger partial charge in [-0.25, -0.2) is 9.78 Å². The summed E-state index contributed by atoms with van der Waals surface area (Å²) in [5.41, 5.74) is 2.78. The smallest absolute Gasteiger partial charge is 0.410 e. The first-order chi connectivity index (χ1) is 17.2. The fourth-order valence-electron chi connectivity index (χ4n) is 4.68. The lowest BCUT2D eigenvalue weighted by molar-refractivity contribution is 0.0240. The molecule has 0 radical (unpaired) electrons. The maximum absolute atomic E-state index is 12.4. The molecule has 0 saturated carbocycles. The van der Waals surface area contributed by atoms with Crippen LogP contribution in [-0.4, -0.2) is 58.5 Å². The van der Waals surface area contributed by atoms with E-state index >= 15 is 0 Å². The van der Waals surface area contributed by atoms with Gasteiger partial charge in [0, 0.05) is 62.5 Å². The van der Waals surface area contributed by atoms with Crippen molar-refractivity contribution < 1.29 is 18.7 Å². The molecule has 0 bridgehead atoms. The quantitative estimate of drug-likeness (QED) is 0.499. The normalized spacial score (nSPS) is 18.2. The molecule has 0 unspecified atom stereocenters. The molecule has 0 spiro atoms. The molecule has 36 heavy (non-hydrogen) atoms. The molecule has 0 aromatic carbocycles. The van der Waals surface area contributed by atoms with Crippen LogP contribution in [0.5, 0.6) is 0 Å². The van der Waals surface area contributed by atoms with Crippen LogP contribution in [0.2, 0.25) is 0 Å². The highest BCUT2D eigenvalue weighted by atomic mass is 16.6. The molecule has 3 aromatic heterocycles. The number of aromatic nitrogens is 2. The minimum absolute atomic E-state index is 0.153. The van der Waals surface area contributed by atoms with Crippen molar-refractivity contribution in [2.24, 2.45) is 5.92 Å². The standard InChI is InChI=1S/C28H32N4O4/c1-18-13-23(33)21-16-24(35-25(21)14-18)19-7-8-29-22(15-19)20-5-6-26(30-17-20)31-9-11-32(12-10-31)27(34)36-28(2,3)4/h5-8,15-18H,9-14H2,1-4H3/t18-/m0/s1. The molecule has 1 amide bonds. The van der Waals surface area contributed by atoms with E-state index in [0.29, 0.717) is 49.8 Å². The van der Waals surface area contributed by atoms with Crippen LogP contribution in [-0.2, 0) is 11.2 Å². The summed E-state index contributed by atoms with van der Waals surface area (Å²) >= 11 is 0. The Bertz CT molecular complexity index is 1270. The Morgan fingerprint density at radius 3 is 2.50 bits per heavy atom. The first kappa shape index (κ1) is 24.0. The number of rotatable bonds is 3. The summed E-state index contributed by atoms with van der Waals surface area (Å²) in [5.74, 6) is 2.80. The van der Waals surface area contributed by atoms with Crippen LogP contribution in [0.4, 0.5) is 10.6 Å². The summed E-state index contributed by atoms with van der Waals surface area (Å²) < 4.78 is 11.5. The van der Waals surface area contributed by atoms with E-state index in [4.69, 9.17) is 9.15 Å². The molecule has 4 heterocycles. The Labute approximate surface area is 211 Å².